The molecule has 0 radical (unpaired) electrons. The first-order valence-electron chi connectivity index (χ1n) is 12.3. The van der Waals surface area contributed by atoms with Crippen molar-refractivity contribution in [2.75, 3.05) is 6.54 Å². The molecule has 1 fully saturated rings. The highest BCUT2D eigenvalue weighted by Crippen LogP contribution is 2.62. The summed E-state index contributed by atoms with van der Waals surface area (Å²) in [6, 6.07) is 7.64. The van der Waals surface area contributed by atoms with E-state index in [4.69, 9.17) is 34.8 Å². The molecule has 0 saturated heterocycles. The van der Waals surface area contributed by atoms with Crippen LogP contribution in [0.5, 0.6) is 0 Å². The third-order valence-electron chi connectivity index (χ3n) is 8.44. The lowest BCUT2D eigenvalue weighted by molar-refractivity contribution is -0.256. The zero-order chi connectivity index (χ0) is 26.8. The molecule has 0 unspecified atom stereocenters. The van der Waals surface area contributed by atoms with Gasteiger partial charge in [0.1, 0.15) is 0 Å². The van der Waals surface area contributed by atoms with Gasteiger partial charge in [-0.05, 0) is 48.3 Å². The molecular weight excluding hydrogens is 530 g/mol. The number of halogens is 6. The molecule has 0 aromatic heterocycles. The second kappa shape index (κ2) is 9.39. The van der Waals surface area contributed by atoms with E-state index in [1.807, 2.05) is 45.0 Å². The van der Waals surface area contributed by atoms with Crippen molar-refractivity contribution in [1.29, 1.82) is 0 Å². The molecule has 8 heteroatoms. The fraction of sp³-hybridized carbons (Fsp3) is 0.536. The van der Waals surface area contributed by atoms with Gasteiger partial charge in [-0.2, -0.15) is 13.2 Å². The molecule has 1 aliphatic heterocycles. The Labute approximate surface area is 226 Å². The van der Waals surface area contributed by atoms with Gasteiger partial charge in [-0.15, -0.1) is 0 Å². The van der Waals surface area contributed by atoms with Gasteiger partial charge >= 0.3 is 6.18 Å². The van der Waals surface area contributed by atoms with Crippen molar-refractivity contribution in [2.45, 2.75) is 77.9 Å². The van der Waals surface area contributed by atoms with Gasteiger partial charge in [-0.1, -0.05) is 98.7 Å². The number of rotatable bonds is 3. The van der Waals surface area contributed by atoms with E-state index in [2.05, 4.69) is 0 Å². The minimum atomic E-state index is -4.46. The van der Waals surface area contributed by atoms with Crippen LogP contribution in [0.1, 0.15) is 85.5 Å². The summed E-state index contributed by atoms with van der Waals surface area (Å²) in [7, 11) is 0. The zero-order valence-corrected chi connectivity index (χ0v) is 23.4. The lowest BCUT2D eigenvalue weighted by atomic mass is 9.53. The number of amides is 1. The topological polar surface area (TPSA) is 20.3 Å². The number of hydrogen-bond acceptors (Lipinski definition) is 1. The van der Waals surface area contributed by atoms with Gasteiger partial charge in [0.2, 0.25) is 0 Å². The molecule has 36 heavy (non-hydrogen) atoms. The molecule has 0 spiro atoms. The summed E-state index contributed by atoms with van der Waals surface area (Å²) < 4.78 is 44.2. The summed E-state index contributed by atoms with van der Waals surface area (Å²) in [5.41, 5.74) is -0.103. The van der Waals surface area contributed by atoms with E-state index < -0.39 is 28.8 Å². The van der Waals surface area contributed by atoms with Crippen LogP contribution in [0.15, 0.2) is 24.3 Å². The normalized spacial score (nSPS) is 26.6. The summed E-state index contributed by atoms with van der Waals surface area (Å²) in [4.78, 5) is 15.7. The Kier molecular flexibility index (Phi) is 7.20. The fourth-order valence-electron chi connectivity index (χ4n) is 6.47. The van der Waals surface area contributed by atoms with Crippen LogP contribution in [-0.4, -0.2) is 23.5 Å². The number of carbonyl (C=O) groups is 1. The van der Waals surface area contributed by atoms with Crippen LogP contribution in [-0.2, 0) is 12.0 Å². The third-order valence-corrected chi connectivity index (χ3v) is 9.70. The number of nitrogens with zero attached hydrogens (tertiary/aromatic N) is 1. The molecule has 2 aromatic carbocycles. The number of alkyl halides is 3. The van der Waals surface area contributed by atoms with Crippen molar-refractivity contribution in [3.8, 4) is 0 Å². The fourth-order valence-corrected chi connectivity index (χ4v) is 7.82. The highest BCUT2D eigenvalue weighted by atomic mass is 35.5. The van der Waals surface area contributed by atoms with Gasteiger partial charge in [0.05, 0.1) is 26.0 Å². The van der Waals surface area contributed by atoms with Crippen LogP contribution < -0.4 is 0 Å². The quantitative estimate of drug-likeness (QED) is 0.342. The van der Waals surface area contributed by atoms with Crippen molar-refractivity contribution < 1.29 is 18.0 Å². The maximum absolute atomic E-state index is 14.7. The number of hydrogen-bond donors (Lipinski definition) is 0. The molecule has 0 bridgehead atoms. The van der Waals surface area contributed by atoms with Crippen LogP contribution >= 0.6 is 34.8 Å². The van der Waals surface area contributed by atoms with Crippen molar-refractivity contribution in [1.82, 2.24) is 4.90 Å². The highest BCUT2D eigenvalue weighted by Gasteiger charge is 2.64. The predicted molar refractivity (Wildman–Crippen MR) is 140 cm³/mol. The van der Waals surface area contributed by atoms with Crippen LogP contribution in [0.4, 0.5) is 13.2 Å². The maximum atomic E-state index is 14.7. The first-order chi connectivity index (χ1) is 16.6. The average molecular weight is 561 g/mol. The molecule has 2 nitrogen and oxygen atoms in total. The van der Waals surface area contributed by atoms with Gasteiger partial charge < -0.3 is 4.90 Å². The minimum absolute atomic E-state index is 0.0122. The first kappa shape index (κ1) is 27.6. The standard InChI is InChI=1S/C28H31Cl3F3NO/c1-15(2)19-22(29)20-21(24(31)23(19)30)26(4)10-7-11-27(5,28(32,33)34)18(26)14-35(25(20)36)13-17-9-6-8-16(3)12-17/h6,8-9,12,15,18H,7,10-11,13-14H2,1-5H3/t18-,26+,27-/m1/s1. The SMILES string of the molecule is Cc1cccc(CN2C[C@@H]3[C@](C)(CCC[C@@]3(C)C(F)(F)F)c3c(Cl)c(Cl)c(C(C)C)c(Cl)c3C2=O)c1. The van der Waals surface area contributed by atoms with Gasteiger partial charge in [-0.3, -0.25) is 4.79 Å². The van der Waals surface area contributed by atoms with Crippen molar-refractivity contribution in [3.05, 3.63) is 67.2 Å². The molecule has 1 aliphatic carbocycles. The molecule has 1 saturated carbocycles. The number of fused-ring (bicyclic) bond motifs is 3. The van der Waals surface area contributed by atoms with Crippen molar-refractivity contribution in [2.24, 2.45) is 11.3 Å². The van der Waals surface area contributed by atoms with Crippen LogP contribution in [0.25, 0.3) is 0 Å². The van der Waals surface area contributed by atoms with E-state index >= 15 is 0 Å². The van der Waals surface area contributed by atoms with E-state index in [-0.39, 0.29) is 46.1 Å². The third kappa shape index (κ3) is 4.23. The minimum Gasteiger partial charge on any atom is -0.334 e. The van der Waals surface area contributed by atoms with Gasteiger partial charge in [0, 0.05) is 18.5 Å². The predicted octanol–water partition coefficient (Wildman–Crippen LogP) is 9.36. The number of aryl methyl sites for hydroxylation is 1. The molecular formula is C28H31Cl3F3NO. The second-order valence-corrected chi connectivity index (χ2v) is 12.3. The Hall–Kier alpha value is -1.43. The zero-order valence-electron chi connectivity index (χ0n) is 21.1. The number of carbonyl (C=O) groups excluding carboxylic acids is 1. The van der Waals surface area contributed by atoms with Gasteiger partial charge in [0.15, 0.2) is 0 Å². The summed E-state index contributed by atoms with van der Waals surface area (Å²) in [5.74, 6) is -1.47. The van der Waals surface area contributed by atoms with E-state index in [0.29, 0.717) is 24.0 Å². The summed E-state index contributed by atoms with van der Waals surface area (Å²) >= 11 is 20.5. The molecule has 196 valence electrons. The second-order valence-electron chi connectivity index (χ2n) is 11.2. The Balaban J connectivity index is 2.03. The van der Waals surface area contributed by atoms with E-state index in [0.717, 1.165) is 11.1 Å². The highest BCUT2D eigenvalue weighted by molar-refractivity contribution is 6.46. The molecule has 1 heterocycles. The van der Waals surface area contributed by atoms with E-state index in [1.165, 1.54) is 11.8 Å². The van der Waals surface area contributed by atoms with Gasteiger partial charge in [0.25, 0.3) is 5.91 Å². The number of benzene rings is 2. The lowest BCUT2D eigenvalue weighted by Crippen LogP contribution is -2.56. The molecule has 0 N–H and O–H groups in total. The molecule has 4 rings (SSSR count). The first-order valence-corrected chi connectivity index (χ1v) is 13.4. The van der Waals surface area contributed by atoms with E-state index in [1.54, 1.807) is 6.92 Å². The Morgan fingerprint density at radius 2 is 1.75 bits per heavy atom. The Bertz CT molecular complexity index is 1210. The molecule has 2 aromatic rings. The summed E-state index contributed by atoms with van der Waals surface area (Å²) in [5, 5.41) is 0.550. The smallest absolute Gasteiger partial charge is 0.334 e. The Morgan fingerprint density at radius 3 is 2.33 bits per heavy atom. The summed E-state index contributed by atoms with van der Waals surface area (Å²) in [6.45, 7) is 8.94. The van der Waals surface area contributed by atoms with Crippen LogP contribution in [0.2, 0.25) is 15.1 Å². The molecule has 3 atom stereocenters. The Morgan fingerprint density at radius 1 is 1.08 bits per heavy atom. The maximum Gasteiger partial charge on any atom is 0.394 e. The van der Waals surface area contributed by atoms with E-state index in [9.17, 15) is 18.0 Å². The molecule has 2 aliphatic rings. The van der Waals surface area contributed by atoms with Crippen LogP contribution in [0, 0.1) is 18.3 Å². The monoisotopic (exact) mass is 559 g/mol. The largest absolute Gasteiger partial charge is 0.394 e. The lowest BCUT2D eigenvalue weighted by Gasteiger charge is -2.53. The van der Waals surface area contributed by atoms with Crippen LogP contribution in [0.3, 0.4) is 0 Å². The summed E-state index contributed by atoms with van der Waals surface area (Å²) in [6.07, 6.45) is -3.66. The van der Waals surface area contributed by atoms with Gasteiger partial charge in [-0.25, -0.2) is 0 Å². The average Bonchev–Trinajstić information content (AvgIpc) is 2.85. The van der Waals surface area contributed by atoms with Crippen molar-refractivity contribution >= 4 is 40.7 Å². The molecule has 1 amide bonds. The van der Waals surface area contributed by atoms with Crippen molar-refractivity contribution in [3.63, 3.8) is 0 Å².